The first-order valence-electron chi connectivity index (χ1n) is 16.0. The number of amides is 2. The number of anilines is 1. The average molecular weight is 673 g/mol. The van der Waals surface area contributed by atoms with Gasteiger partial charge < -0.3 is 25.0 Å². The maximum absolute atomic E-state index is 15.4. The molecule has 1 aromatic carbocycles. The zero-order valence-electron chi connectivity index (χ0n) is 27.1. The first kappa shape index (κ1) is 34.9. The Morgan fingerprint density at radius 3 is 2.17 bits per heavy atom. The largest absolute Gasteiger partial charge is 0.574 e. The van der Waals surface area contributed by atoms with Gasteiger partial charge in [-0.05, 0) is 70.2 Å². The summed E-state index contributed by atoms with van der Waals surface area (Å²) >= 11 is 0. The van der Waals surface area contributed by atoms with Gasteiger partial charge in [-0.15, -0.1) is 13.2 Å². The minimum Gasteiger partial charge on any atom is -0.444 e. The number of carbonyl (C=O) groups is 2. The van der Waals surface area contributed by atoms with Gasteiger partial charge >= 0.3 is 12.5 Å². The predicted octanol–water partition coefficient (Wildman–Crippen LogP) is 6.07. The van der Waals surface area contributed by atoms with Gasteiger partial charge in [-0.3, -0.25) is 9.69 Å². The van der Waals surface area contributed by atoms with Gasteiger partial charge in [0.1, 0.15) is 17.2 Å². The third-order valence-corrected chi connectivity index (χ3v) is 8.19. The number of nitrogens with zero attached hydrogens (tertiary/aromatic N) is 4. The van der Waals surface area contributed by atoms with E-state index in [0.717, 1.165) is 62.7 Å². The van der Waals surface area contributed by atoms with E-state index in [1.165, 1.54) is 24.3 Å². The highest BCUT2D eigenvalue weighted by Gasteiger charge is 2.32. The van der Waals surface area contributed by atoms with E-state index in [4.69, 9.17) is 4.74 Å². The molecule has 5 rings (SSSR count). The Morgan fingerprint density at radius 2 is 1.56 bits per heavy atom. The van der Waals surface area contributed by atoms with Crippen molar-refractivity contribution in [2.75, 3.05) is 31.1 Å². The van der Waals surface area contributed by atoms with Crippen molar-refractivity contribution in [3.63, 3.8) is 0 Å². The van der Waals surface area contributed by atoms with Gasteiger partial charge in [0.2, 0.25) is 5.88 Å². The third kappa shape index (κ3) is 9.78. The summed E-state index contributed by atoms with van der Waals surface area (Å²) in [6, 6.07) is 10.6. The molecule has 0 spiro atoms. The molecule has 14 heteroatoms. The van der Waals surface area contributed by atoms with Crippen LogP contribution in [-0.4, -0.2) is 77.1 Å². The van der Waals surface area contributed by atoms with Crippen LogP contribution in [0.2, 0.25) is 0 Å². The number of benzene rings is 1. The number of ether oxygens (including phenoxy) is 2. The van der Waals surface area contributed by atoms with Crippen LogP contribution >= 0.6 is 0 Å². The molecule has 2 amide bonds. The third-order valence-electron chi connectivity index (χ3n) is 8.19. The Kier molecular flexibility index (Phi) is 10.7. The van der Waals surface area contributed by atoms with Crippen LogP contribution in [0.4, 0.5) is 28.2 Å². The second-order valence-electron chi connectivity index (χ2n) is 13.1. The van der Waals surface area contributed by atoms with Gasteiger partial charge in [0.15, 0.2) is 0 Å². The molecule has 0 bridgehead atoms. The predicted molar refractivity (Wildman–Crippen MR) is 171 cm³/mol. The zero-order valence-corrected chi connectivity index (χ0v) is 27.1. The van der Waals surface area contributed by atoms with E-state index in [1.807, 2.05) is 33.0 Å². The summed E-state index contributed by atoms with van der Waals surface area (Å²) in [7, 11) is 0. The van der Waals surface area contributed by atoms with Crippen molar-refractivity contribution < 1.29 is 36.6 Å². The molecule has 258 valence electrons. The lowest BCUT2D eigenvalue weighted by molar-refractivity contribution is -0.276. The number of hydrogen-bond acceptors (Lipinski definition) is 8. The van der Waals surface area contributed by atoms with E-state index in [2.05, 4.69) is 41.2 Å². The van der Waals surface area contributed by atoms with Crippen molar-refractivity contribution in [2.24, 2.45) is 0 Å². The Labute approximate surface area is 276 Å². The maximum Gasteiger partial charge on any atom is 0.574 e. The van der Waals surface area contributed by atoms with E-state index in [1.54, 1.807) is 0 Å². The summed E-state index contributed by atoms with van der Waals surface area (Å²) in [4.78, 5) is 37.9. The Bertz CT molecular complexity index is 1550. The van der Waals surface area contributed by atoms with E-state index in [0.29, 0.717) is 19.4 Å². The molecule has 0 atom stereocenters. The van der Waals surface area contributed by atoms with E-state index in [-0.39, 0.29) is 34.9 Å². The molecule has 48 heavy (non-hydrogen) atoms. The number of pyridine rings is 2. The minimum absolute atomic E-state index is 0.0443. The number of aromatic nitrogens is 2. The summed E-state index contributed by atoms with van der Waals surface area (Å²) in [5.74, 6) is -1.10. The van der Waals surface area contributed by atoms with Crippen LogP contribution in [0.1, 0.15) is 62.4 Å². The summed E-state index contributed by atoms with van der Waals surface area (Å²) in [6.07, 6.45) is 0.669. The van der Waals surface area contributed by atoms with Gasteiger partial charge in [-0.2, -0.15) is 0 Å². The van der Waals surface area contributed by atoms with Crippen LogP contribution in [0.3, 0.4) is 0 Å². The van der Waals surface area contributed by atoms with Crippen molar-refractivity contribution in [3.8, 4) is 17.0 Å². The number of halogens is 4. The second-order valence-corrected chi connectivity index (χ2v) is 13.1. The summed E-state index contributed by atoms with van der Waals surface area (Å²) < 4.78 is 61.8. The first-order valence-corrected chi connectivity index (χ1v) is 16.0. The number of likely N-dealkylation sites (tertiary alicyclic amines) is 1. The standard InChI is InChI=1S/C34H40F4N6O4/c1-33(2,3)48-32(46)42-25-13-17-44(18-14-25)28-9-7-22(19-39-28)21-43-15-11-24(12-16-43)41-31(45)27-6-4-5-26(30(27)35)23-8-10-29(40-20-23)47-34(36,37)38/h4-10,19-20,24-25H,11-18,21H2,1-3H3,(H,41,45)(H,42,46). The molecule has 4 heterocycles. The van der Waals surface area contributed by atoms with Crippen molar-refractivity contribution in [2.45, 2.75) is 77.0 Å². The van der Waals surface area contributed by atoms with E-state index < -0.39 is 29.6 Å². The molecule has 0 radical (unpaired) electrons. The van der Waals surface area contributed by atoms with Crippen LogP contribution in [0.25, 0.3) is 11.1 Å². The number of piperidine rings is 2. The number of alkyl carbamates (subject to hydrolysis) is 1. The Hall–Kier alpha value is -4.46. The topological polar surface area (TPSA) is 109 Å². The first-order chi connectivity index (χ1) is 22.7. The number of carbonyl (C=O) groups excluding carboxylic acids is 2. The number of nitrogens with one attached hydrogen (secondary N) is 2. The number of alkyl halides is 3. The van der Waals surface area contributed by atoms with E-state index >= 15 is 4.39 Å². The van der Waals surface area contributed by atoms with Crippen molar-refractivity contribution in [1.82, 2.24) is 25.5 Å². The molecule has 2 aromatic heterocycles. The highest BCUT2D eigenvalue weighted by atomic mass is 19.4. The lowest BCUT2D eigenvalue weighted by Crippen LogP contribution is -2.46. The number of hydrogen-bond donors (Lipinski definition) is 2. The molecule has 0 aliphatic carbocycles. The molecule has 2 saturated heterocycles. The maximum atomic E-state index is 15.4. The Morgan fingerprint density at radius 1 is 0.875 bits per heavy atom. The average Bonchev–Trinajstić information content (AvgIpc) is 3.02. The van der Waals surface area contributed by atoms with Gasteiger partial charge in [-0.1, -0.05) is 18.2 Å². The fourth-order valence-electron chi connectivity index (χ4n) is 5.83. The highest BCUT2D eigenvalue weighted by molar-refractivity contribution is 5.96. The van der Waals surface area contributed by atoms with Crippen molar-refractivity contribution in [3.05, 3.63) is 71.8 Å². The molecule has 2 aliphatic rings. The molecule has 0 saturated carbocycles. The lowest BCUT2D eigenvalue weighted by Gasteiger charge is -2.34. The molecular formula is C34H40F4N6O4. The van der Waals surface area contributed by atoms with Gasteiger partial charge in [0, 0.05) is 74.4 Å². The molecule has 2 fully saturated rings. The highest BCUT2D eigenvalue weighted by Crippen LogP contribution is 2.28. The second kappa shape index (κ2) is 14.8. The van der Waals surface area contributed by atoms with Crippen molar-refractivity contribution >= 4 is 17.8 Å². The summed E-state index contributed by atoms with van der Waals surface area (Å²) in [6.45, 7) is 9.29. The van der Waals surface area contributed by atoms with Crippen LogP contribution in [0.15, 0.2) is 54.9 Å². The normalized spacial score (nSPS) is 16.8. The Balaban J connectivity index is 1.07. The van der Waals surface area contributed by atoms with Gasteiger partial charge in [0.05, 0.1) is 5.56 Å². The molecule has 2 aliphatic heterocycles. The molecule has 3 aromatic rings. The fraction of sp³-hybridized carbons (Fsp3) is 0.471. The van der Waals surface area contributed by atoms with Crippen LogP contribution in [0.5, 0.6) is 5.88 Å². The molecule has 2 N–H and O–H groups in total. The monoisotopic (exact) mass is 672 g/mol. The van der Waals surface area contributed by atoms with Crippen LogP contribution in [0, 0.1) is 5.82 Å². The van der Waals surface area contributed by atoms with Gasteiger partial charge in [0.25, 0.3) is 5.91 Å². The van der Waals surface area contributed by atoms with Gasteiger partial charge in [-0.25, -0.2) is 19.2 Å². The zero-order chi connectivity index (χ0) is 34.5. The van der Waals surface area contributed by atoms with E-state index in [9.17, 15) is 22.8 Å². The fourth-order valence-corrected chi connectivity index (χ4v) is 5.83. The number of rotatable bonds is 8. The van der Waals surface area contributed by atoms with Crippen LogP contribution < -0.4 is 20.3 Å². The van der Waals surface area contributed by atoms with Crippen molar-refractivity contribution in [1.29, 1.82) is 0 Å². The van der Waals surface area contributed by atoms with Crippen LogP contribution in [-0.2, 0) is 11.3 Å². The SMILES string of the molecule is CC(C)(C)OC(=O)NC1CCN(c2ccc(CN3CCC(NC(=O)c4cccc(-c5ccc(OC(F)(F)F)nc5)c4F)CC3)cn2)CC1. The summed E-state index contributed by atoms with van der Waals surface area (Å²) in [5, 5.41) is 5.88. The lowest BCUT2D eigenvalue weighted by atomic mass is 10.0. The quantitative estimate of drug-likeness (QED) is 0.278. The molecule has 10 nitrogen and oxygen atoms in total. The molecular weight excluding hydrogens is 632 g/mol. The summed E-state index contributed by atoms with van der Waals surface area (Å²) in [5.41, 5.74) is 0.653. The smallest absolute Gasteiger partial charge is 0.444 e. The minimum atomic E-state index is -4.89. The molecule has 0 unspecified atom stereocenters.